The minimum absolute atomic E-state index is 0.496. The maximum Gasteiger partial charge on any atom is 0.410 e. The molecule has 3 N–H and O–H groups in total. The first-order valence-electron chi connectivity index (χ1n) is 6.22. The van der Waals surface area contributed by atoms with E-state index in [4.69, 9.17) is 0 Å². The number of nitro groups is 1. The van der Waals surface area contributed by atoms with Crippen LogP contribution < -0.4 is 15.8 Å². The zero-order valence-electron chi connectivity index (χ0n) is 12.0. The lowest BCUT2D eigenvalue weighted by atomic mass is 9.97. The number of alkyl halides is 3. The molecule has 2 unspecified atom stereocenters. The molecule has 0 aliphatic carbocycles. The van der Waals surface area contributed by atoms with Gasteiger partial charge in [0, 0.05) is 5.56 Å². The summed E-state index contributed by atoms with van der Waals surface area (Å²) in [4.78, 5) is 32.3. The first-order chi connectivity index (χ1) is 11.0. The predicted octanol–water partition coefficient (Wildman–Crippen LogP) is 1.97. The normalized spacial score (nSPS) is 13.2. The number of halogens is 4. The van der Waals surface area contributed by atoms with Gasteiger partial charge in [0.05, 0.1) is 16.9 Å². The van der Waals surface area contributed by atoms with Crippen LogP contribution >= 0.6 is 0 Å². The molecule has 12 heteroatoms. The third kappa shape index (κ3) is 4.54. The zero-order chi connectivity index (χ0) is 18.6. The van der Waals surface area contributed by atoms with Crippen molar-refractivity contribution in [2.45, 2.75) is 25.6 Å². The second-order valence-electron chi connectivity index (χ2n) is 4.49. The number of nitrogens with one attached hydrogen (secondary N) is 1. The fourth-order valence-corrected chi connectivity index (χ4v) is 1.71. The molecule has 0 aromatic heterocycles. The molecule has 132 valence electrons. The maximum absolute atomic E-state index is 13.8. The van der Waals surface area contributed by atoms with Gasteiger partial charge >= 0.3 is 6.09 Å². The topological polar surface area (TPSA) is 125 Å². The molecule has 0 saturated heterocycles. The number of ether oxygens (including phenoxy) is 1. The van der Waals surface area contributed by atoms with Gasteiger partial charge in [-0.2, -0.15) is 0 Å². The van der Waals surface area contributed by atoms with Crippen molar-refractivity contribution in [3.8, 4) is 5.75 Å². The molecule has 24 heavy (non-hydrogen) atoms. The number of nitrogens with two attached hydrogens (primary N) is 1. The van der Waals surface area contributed by atoms with Crippen molar-refractivity contribution >= 4 is 17.7 Å². The Hall–Kier alpha value is -2.92. The Morgan fingerprint density at radius 1 is 1.33 bits per heavy atom. The molecule has 0 saturated carbocycles. The predicted molar refractivity (Wildman–Crippen MR) is 70.7 cm³/mol. The third-order valence-corrected chi connectivity index (χ3v) is 2.85. The first kappa shape index (κ1) is 19.1. The van der Waals surface area contributed by atoms with E-state index in [-0.39, 0.29) is 0 Å². The number of primary amides is 1. The SMILES string of the molecule is CC(C(=O)NC(F)C(F)F)c1cc(F)c(OC(N)=O)cc1[N+](=O)[O-]. The first-order valence-corrected chi connectivity index (χ1v) is 6.22. The van der Waals surface area contributed by atoms with Crippen LogP contribution in [0.25, 0.3) is 0 Å². The van der Waals surface area contributed by atoms with Gasteiger partial charge in [-0.1, -0.05) is 0 Å². The van der Waals surface area contributed by atoms with E-state index in [0.29, 0.717) is 12.1 Å². The summed E-state index contributed by atoms with van der Waals surface area (Å²) >= 11 is 0. The van der Waals surface area contributed by atoms with Gasteiger partial charge in [0.25, 0.3) is 12.1 Å². The molecule has 0 radical (unpaired) electrons. The molecule has 8 nitrogen and oxygen atoms in total. The maximum atomic E-state index is 13.8. The van der Waals surface area contributed by atoms with E-state index < -0.39 is 58.4 Å². The van der Waals surface area contributed by atoms with Crippen LogP contribution in [0, 0.1) is 15.9 Å². The lowest BCUT2D eigenvalue weighted by Crippen LogP contribution is -2.39. The molecule has 1 aromatic carbocycles. The number of nitrogens with zero attached hydrogens (tertiary/aromatic N) is 1. The van der Waals surface area contributed by atoms with Crippen molar-refractivity contribution in [2.24, 2.45) is 5.73 Å². The summed E-state index contributed by atoms with van der Waals surface area (Å²) in [6, 6.07) is 0.996. The number of benzene rings is 1. The van der Waals surface area contributed by atoms with Crippen molar-refractivity contribution in [1.82, 2.24) is 5.32 Å². The summed E-state index contributed by atoms with van der Waals surface area (Å²) < 4.78 is 55.0. The highest BCUT2D eigenvalue weighted by Crippen LogP contribution is 2.33. The van der Waals surface area contributed by atoms with Gasteiger partial charge in [-0.05, 0) is 13.0 Å². The van der Waals surface area contributed by atoms with Gasteiger partial charge in [0.1, 0.15) is 0 Å². The van der Waals surface area contributed by atoms with Crippen LogP contribution in [0.15, 0.2) is 12.1 Å². The van der Waals surface area contributed by atoms with E-state index in [1.165, 1.54) is 5.32 Å². The number of rotatable bonds is 6. The summed E-state index contributed by atoms with van der Waals surface area (Å²) in [5.74, 6) is -4.99. The van der Waals surface area contributed by atoms with Crippen molar-refractivity contribution in [1.29, 1.82) is 0 Å². The van der Waals surface area contributed by atoms with E-state index in [1.807, 2.05) is 0 Å². The Morgan fingerprint density at radius 2 is 1.92 bits per heavy atom. The number of carbonyl (C=O) groups excluding carboxylic acids is 2. The summed E-state index contributed by atoms with van der Waals surface area (Å²) in [7, 11) is 0. The fourth-order valence-electron chi connectivity index (χ4n) is 1.71. The molecule has 0 heterocycles. The third-order valence-electron chi connectivity index (χ3n) is 2.85. The molecule has 1 rings (SSSR count). The number of hydrogen-bond donors (Lipinski definition) is 2. The van der Waals surface area contributed by atoms with Gasteiger partial charge in [0.15, 0.2) is 11.6 Å². The highest BCUT2D eigenvalue weighted by Gasteiger charge is 2.30. The molecule has 0 aliphatic rings. The van der Waals surface area contributed by atoms with Crippen LogP contribution in [0.2, 0.25) is 0 Å². The summed E-state index contributed by atoms with van der Waals surface area (Å²) in [6.45, 7) is 1.02. The molecule has 0 fully saturated rings. The van der Waals surface area contributed by atoms with E-state index in [1.54, 1.807) is 0 Å². The van der Waals surface area contributed by atoms with Crippen LogP contribution in [0.1, 0.15) is 18.4 Å². The standard InChI is InChI=1S/C12H11F4N3O5/c1-4(11(20)18-10(16)9(14)15)5-2-6(13)8(24-12(17)21)3-7(5)19(22)23/h2-4,9-10H,1H3,(H2,17,21)(H,18,20). The zero-order valence-corrected chi connectivity index (χ0v) is 12.0. The number of nitro benzene ring substituents is 1. The minimum atomic E-state index is -3.50. The van der Waals surface area contributed by atoms with Crippen LogP contribution in [0.4, 0.5) is 28.0 Å². The van der Waals surface area contributed by atoms with Crippen LogP contribution in [-0.2, 0) is 4.79 Å². The summed E-state index contributed by atoms with van der Waals surface area (Å²) in [5, 5.41) is 12.3. The van der Waals surface area contributed by atoms with Crippen LogP contribution in [0.3, 0.4) is 0 Å². The second kappa shape index (κ2) is 7.57. The van der Waals surface area contributed by atoms with E-state index in [0.717, 1.165) is 6.92 Å². The van der Waals surface area contributed by atoms with Crippen LogP contribution in [0.5, 0.6) is 5.75 Å². The van der Waals surface area contributed by atoms with Crippen molar-refractivity contribution < 1.29 is 36.8 Å². The Bertz CT molecular complexity index is 670. The minimum Gasteiger partial charge on any atom is -0.407 e. The average molecular weight is 353 g/mol. The van der Waals surface area contributed by atoms with Crippen molar-refractivity contribution in [3.63, 3.8) is 0 Å². The molecule has 2 amide bonds. The largest absolute Gasteiger partial charge is 0.410 e. The highest BCUT2D eigenvalue weighted by molar-refractivity contribution is 5.84. The molecule has 2 atom stereocenters. The molecular weight excluding hydrogens is 342 g/mol. The average Bonchev–Trinajstić information content (AvgIpc) is 2.47. The molecular formula is C12H11F4N3O5. The monoisotopic (exact) mass is 353 g/mol. The van der Waals surface area contributed by atoms with Gasteiger partial charge in [-0.15, -0.1) is 0 Å². The molecule has 1 aromatic rings. The number of carbonyl (C=O) groups is 2. The molecule has 0 spiro atoms. The fraction of sp³-hybridized carbons (Fsp3) is 0.333. The van der Waals surface area contributed by atoms with Gasteiger partial charge in [-0.25, -0.2) is 22.4 Å². The Balaban J connectivity index is 3.22. The van der Waals surface area contributed by atoms with E-state index in [2.05, 4.69) is 10.5 Å². The van der Waals surface area contributed by atoms with Crippen LogP contribution in [-0.4, -0.2) is 29.6 Å². The molecule has 0 aliphatic heterocycles. The number of hydrogen-bond acceptors (Lipinski definition) is 5. The Labute approximate surface area is 131 Å². The highest BCUT2D eigenvalue weighted by atomic mass is 19.3. The number of amides is 2. The van der Waals surface area contributed by atoms with E-state index >= 15 is 0 Å². The lowest BCUT2D eigenvalue weighted by Gasteiger charge is -2.16. The van der Waals surface area contributed by atoms with Crippen molar-refractivity contribution in [3.05, 3.63) is 33.6 Å². The van der Waals surface area contributed by atoms with Crippen molar-refractivity contribution in [2.75, 3.05) is 0 Å². The smallest absolute Gasteiger partial charge is 0.407 e. The summed E-state index contributed by atoms with van der Waals surface area (Å²) in [5.41, 5.74) is 3.30. The van der Waals surface area contributed by atoms with Gasteiger partial charge in [-0.3, -0.25) is 14.9 Å². The van der Waals surface area contributed by atoms with Gasteiger partial charge in [0.2, 0.25) is 12.2 Å². The molecule has 0 bridgehead atoms. The lowest BCUT2D eigenvalue weighted by molar-refractivity contribution is -0.385. The Morgan fingerprint density at radius 3 is 2.38 bits per heavy atom. The Kier molecular flexibility index (Phi) is 6.03. The van der Waals surface area contributed by atoms with Gasteiger partial charge < -0.3 is 15.8 Å². The quantitative estimate of drug-likeness (QED) is 0.350. The van der Waals surface area contributed by atoms with E-state index in [9.17, 15) is 37.3 Å². The summed E-state index contributed by atoms with van der Waals surface area (Å²) in [6.07, 6.45) is -7.92. The second-order valence-corrected chi connectivity index (χ2v) is 4.49.